The summed E-state index contributed by atoms with van der Waals surface area (Å²) in [5.74, 6) is -1.25. The van der Waals surface area contributed by atoms with Crippen LogP contribution in [-0.2, 0) is 11.4 Å². The highest BCUT2D eigenvalue weighted by Crippen LogP contribution is 2.33. The van der Waals surface area contributed by atoms with E-state index in [0.29, 0.717) is 31.2 Å². The van der Waals surface area contributed by atoms with Crippen LogP contribution < -0.4 is 4.74 Å². The largest absolute Gasteiger partial charge is 0.422 e. The van der Waals surface area contributed by atoms with E-state index >= 15 is 0 Å². The fraction of sp³-hybridized carbons (Fsp3) is 0.0455. The number of benzene rings is 3. The second-order valence-corrected chi connectivity index (χ2v) is 8.06. The lowest BCUT2D eigenvalue weighted by atomic mass is 10.1. The van der Waals surface area contributed by atoms with Crippen LogP contribution in [0.25, 0.3) is 0 Å². The third kappa shape index (κ3) is 3.94. The predicted molar refractivity (Wildman–Crippen MR) is 115 cm³/mol. The zero-order chi connectivity index (χ0) is 21.3. The van der Waals surface area contributed by atoms with Crippen LogP contribution >= 0.6 is 31.9 Å². The molecule has 1 aliphatic heterocycles. The third-order valence-corrected chi connectivity index (χ3v) is 5.78. The van der Waals surface area contributed by atoms with Crippen LogP contribution in [0.1, 0.15) is 36.6 Å². The van der Waals surface area contributed by atoms with Gasteiger partial charge in [-0.3, -0.25) is 14.4 Å². The summed E-state index contributed by atoms with van der Waals surface area (Å²) in [6.45, 7) is -0.0881. The zero-order valence-corrected chi connectivity index (χ0v) is 18.5. The molecule has 0 saturated carbocycles. The molecule has 0 unspecified atom stereocenters. The van der Waals surface area contributed by atoms with Crippen molar-refractivity contribution in [1.29, 1.82) is 0 Å². The molecule has 1 heterocycles. The molecule has 0 N–H and O–H groups in total. The van der Waals surface area contributed by atoms with Gasteiger partial charge in [0, 0.05) is 4.47 Å². The van der Waals surface area contributed by atoms with Crippen LogP contribution in [0.2, 0.25) is 0 Å². The van der Waals surface area contributed by atoms with Crippen LogP contribution in [0.15, 0.2) is 75.7 Å². The molecule has 8 heteroatoms. The van der Waals surface area contributed by atoms with E-state index in [1.54, 1.807) is 66.7 Å². The zero-order valence-electron chi connectivity index (χ0n) is 15.3. The Morgan fingerprint density at radius 2 is 1.43 bits per heavy atom. The molecule has 0 fully saturated rings. The summed E-state index contributed by atoms with van der Waals surface area (Å²) < 4.78 is 6.70. The van der Waals surface area contributed by atoms with E-state index in [-0.39, 0.29) is 12.4 Å². The fourth-order valence-corrected chi connectivity index (χ4v) is 4.10. The van der Waals surface area contributed by atoms with Crippen molar-refractivity contribution in [1.82, 2.24) is 5.06 Å². The van der Waals surface area contributed by atoms with Gasteiger partial charge in [0.15, 0.2) is 0 Å². The highest BCUT2D eigenvalue weighted by atomic mass is 79.9. The van der Waals surface area contributed by atoms with Gasteiger partial charge in [0.25, 0.3) is 11.8 Å². The molecule has 0 spiro atoms. The number of rotatable bonds is 5. The number of halogens is 2. The van der Waals surface area contributed by atoms with Crippen molar-refractivity contribution >= 4 is 49.6 Å². The minimum Gasteiger partial charge on any atom is -0.422 e. The topological polar surface area (TPSA) is 72.9 Å². The average molecular weight is 531 g/mol. The number of hydrogen-bond acceptors (Lipinski definition) is 5. The van der Waals surface area contributed by atoms with Crippen molar-refractivity contribution in [2.75, 3.05) is 0 Å². The molecule has 6 nitrogen and oxygen atoms in total. The van der Waals surface area contributed by atoms with Gasteiger partial charge < -0.3 is 4.74 Å². The van der Waals surface area contributed by atoms with Crippen LogP contribution in [-0.4, -0.2) is 22.8 Å². The Bertz CT molecular complexity index is 1130. The Labute approximate surface area is 188 Å². The number of carbonyl (C=O) groups excluding carboxylic acids is 3. The summed E-state index contributed by atoms with van der Waals surface area (Å²) >= 11 is 6.79. The highest BCUT2D eigenvalue weighted by Gasteiger charge is 2.36. The third-order valence-electron chi connectivity index (χ3n) is 4.42. The summed E-state index contributed by atoms with van der Waals surface area (Å²) in [5.41, 5.74) is 1.60. The maximum Gasteiger partial charge on any atom is 0.343 e. The van der Waals surface area contributed by atoms with Gasteiger partial charge in [-0.15, -0.1) is 5.06 Å². The quantitative estimate of drug-likeness (QED) is 0.259. The van der Waals surface area contributed by atoms with E-state index in [2.05, 4.69) is 31.9 Å². The Kier molecular flexibility index (Phi) is 5.80. The summed E-state index contributed by atoms with van der Waals surface area (Å²) in [4.78, 5) is 42.7. The standard InChI is InChI=1S/C22H13Br2NO5/c23-17-11-18(24)19(30-22(28)13-6-2-1-3-7-13)10-14(17)12-29-25-20(26)15-8-4-5-9-16(15)21(25)27/h1-11H,12H2. The average Bonchev–Trinajstić information content (AvgIpc) is 3.00. The maximum absolute atomic E-state index is 12.4. The second kappa shape index (κ2) is 8.51. The molecule has 3 aromatic carbocycles. The normalized spacial score (nSPS) is 12.8. The Balaban J connectivity index is 1.51. The maximum atomic E-state index is 12.4. The van der Waals surface area contributed by atoms with E-state index in [9.17, 15) is 14.4 Å². The van der Waals surface area contributed by atoms with E-state index in [1.807, 2.05) is 0 Å². The SMILES string of the molecule is O=C(Oc1cc(CON2C(=O)c3ccccc3C2=O)c(Br)cc1Br)c1ccccc1. The number of esters is 1. The smallest absolute Gasteiger partial charge is 0.343 e. The van der Waals surface area contributed by atoms with E-state index in [4.69, 9.17) is 9.57 Å². The van der Waals surface area contributed by atoms with Crippen LogP contribution in [0, 0.1) is 0 Å². The van der Waals surface area contributed by atoms with Crippen molar-refractivity contribution in [3.8, 4) is 5.75 Å². The fourth-order valence-electron chi connectivity index (χ4n) is 2.91. The molecule has 1 aliphatic rings. The lowest BCUT2D eigenvalue weighted by Crippen LogP contribution is -2.29. The Morgan fingerprint density at radius 1 is 0.833 bits per heavy atom. The lowest BCUT2D eigenvalue weighted by Gasteiger charge is -2.15. The van der Waals surface area contributed by atoms with Gasteiger partial charge in [0.2, 0.25) is 0 Å². The van der Waals surface area contributed by atoms with Crippen molar-refractivity contribution < 1.29 is 24.0 Å². The number of hydroxylamine groups is 2. The molecule has 0 aliphatic carbocycles. The van der Waals surface area contributed by atoms with Crippen molar-refractivity contribution in [2.24, 2.45) is 0 Å². The Morgan fingerprint density at radius 3 is 2.07 bits per heavy atom. The van der Waals surface area contributed by atoms with Crippen molar-refractivity contribution in [2.45, 2.75) is 6.61 Å². The molecule has 0 aromatic heterocycles. The molecule has 4 rings (SSSR count). The molecule has 0 radical (unpaired) electrons. The number of amides is 2. The number of carbonyl (C=O) groups is 3. The minimum absolute atomic E-state index is 0.0881. The molecule has 0 atom stereocenters. The molecular formula is C22H13Br2NO5. The van der Waals surface area contributed by atoms with E-state index < -0.39 is 17.8 Å². The van der Waals surface area contributed by atoms with E-state index in [1.165, 1.54) is 0 Å². The van der Waals surface area contributed by atoms with Gasteiger partial charge in [0.05, 0.1) is 21.2 Å². The summed E-state index contributed by atoms with van der Waals surface area (Å²) in [6.07, 6.45) is 0. The Hall–Kier alpha value is -2.81. The van der Waals surface area contributed by atoms with Crippen LogP contribution in [0.5, 0.6) is 5.75 Å². The molecular weight excluding hydrogens is 518 g/mol. The van der Waals surface area contributed by atoms with Gasteiger partial charge in [-0.2, -0.15) is 0 Å². The molecule has 2 amide bonds. The van der Waals surface area contributed by atoms with Crippen LogP contribution in [0.4, 0.5) is 0 Å². The van der Waals surface area contributed by atoms with Gasteiger partial charge >= 0.3 is 5.97 Å². The minimum atomic E-state index is -0.514. The van der Waals surface area contributed by atoms with E-state index in [0.717, 1.165) is 5.06 Å². The lowest BCUT2D eigenvalue weighted by molar-refractivity contribution is -0.101. The molecule has 150 valence electrons. The first-order valence-corrected chi connectivity index (χ1v) is 10.4. The highest BCUT2D eigenvalue weighted by molar-refractivity contribution is 9.11. The predicted octanol–water partition coefficient (Wildman–Crippen LogP) is 5.16. The van der Waals surface area contributed by atoms with Gasteiger partial charge in [-0.25, -0.2) is 4.79 Å². The monoisotopic (exact) mass is 529 g/mol. The number of hydrogen-bond donors (Lipinski definition) is 0. The van der Waals surface area contributed by atoms with Crippen LogP contribution in [0.3, 0.4) is 0 Å². The molecule has 3 aromatic rings. The van der Waals surface area contributed by atoms with Gasteiger partial charge in [0.1, 0.15) is 12.4 Å². The van der Waals surface area contributed by atoms with Crippen molar-refractivity contribution in [3.05, 3.63) is 97.9 Å². The number of ether oxygens (including phenoxy) is 1. The molecule has 0 bridgehead atoms. The van der Waals surface area contributed by atoms with Crippen molar-refractivity contribution in [3.63, 3.8) is 0 Å². The first kappa shape index (κ1) is 20.5. The molecule has 30 heavy (non-hydrogen) atoms. The number of nitrogens with zero attached hydrogens (tertiary/aromatic N) is 1. The number of fused-ring (bicyclic) bond motifs is 1. The summed E-state index contributed by atoms with van der Waals surface area (Å²) in [5, 5.41) is 0.745. The second-order valence-electron chi connectivity index (χ2n) is 6.35. The first-order valence-electron chi connectivity index (χ1n) is 8.81. The van der Waals surface area contributed by atoms with Gasteiger partial charge in [-0.1, -0.05) is 46.3 Å². The molecule has 0 saturated heterocycles. The number of imide groups is 1. The van der Waals surface area contributed by atoms with Gasteiger partial charge in [-0.05, 0) is 57.9 Å². The summed E-state index contributed by atoms with van der Waals surface area (Å²) in [7, 11) is 0. The summed E-state index contributed by atoms with van der Waals surface area (Å²) in [6, 6.07) is 18.4. The first-order chi connectivity index (χ1) is 14.5.